The van der Waals surface area contributed by atoms with Gasteiger partial charge in [0.2, 0.25) is 5.78 Å². The Balaban J connectivity index is 1.85. The molecule has 1 unspecified atom stereocenters. The second-order valence-electron chi connectivity index (χ2n) is 6.18. The van der Waals surface area contributed by atoms with Gasteiger partial charge >= 0.3 is 0 Å². The second kappa shape index (κ2) is 8.41. The van der Waals surface area contributed by atoms with Crippen molar-refractivity contribution in [2.75, 3.05) is 27.2 Å². The van der Waals surface area contributed by atoms with Crippen molar-refractivity contribution in [3.63, 3.8) is 0 Å². The van der Waals surface area contributed by atoms with Gasteiger partial charge in [0.05, 0.1) is 14.1 Å². The predicted octanol–water partition coefficient (Wildman–Crippen LogP) is 2.20. The maximum Gasteiger partial charge on any atom is 0.214 e. The first-order chi connectivity index (χ1) is 11.9. The fourth-order valence-corrected chi connectivity index (χ4v) is 2.32. The van der Waals surface area contributed by atoms with Crippen LogP contribution in [0, 0.1) is 0 Å². The Morgan fingerprint density at radius 1 is 1.04 bits per heavy atom. The van der Waals surface area contributed by atoms with Crippen LogP contribution in [0.15, 0.2) is 60.7 Å². The molecule has 6 heteroatoms. The molecule has 1 atom stereocenters. The molecule has 0 aliphatic carbocycles. The number of likely N-dealkylation sites (N-methyl/N-ethyl adjacent to an activating group) is 1. The fraction of sp³-hybridized carbons (Fsp3) is 0.263. The van der Waals surface area contributed by atoms with Crippen LogP contribution in [0.2, 0.25) is 0 Å². The molecule has 1 N–H and O–H groups in total. The molecule has 0 aliphatic rings. The van der Waals surface area contributed by atoms with Gasteiger partial charge in [-0.2, -0.15) is 0 Å². The number of aliphatic hydroxyl groups excluding tert-OH is 1. The number of ether oxygens (including phenoxy) is 1. The smallest absolute Gasteiger partial charge is 0.214 e. The summed E-state index contributed by atoms with van der Waals surface area (Å²) in [5.41, 5.74) is 4.21. The highest BCUT2D eigenvalue weighted by atomic mass is 16.5. The molecular formula is C19H22N2O4. The van der Waals surface area contributed by atoms with E-state index in [0.29, 0.717) is 11.3 Å². The Hall–Kier alpha value is -2.70. The molecule has 0 heterocycles. The first-order valence-electron chi connectivity index (χ1n) is 7.93. The van der Waals surface area contributed by atoms with E-state index in [-0.39, 0.29) is 17.7 Å². The molecule has 2 rings (SSSR count). The highest BCUT2D eigenvalue weighted by Gasteiger charge is 2.19. The van der Waals surface area contributed by atoms with Crippen molar-refractivity contribution in [3.8, 4) is 5.75 Å². The van der Waals surface area contributed by atoms with Crippen LogP contribution in [0.25, 0.3) is 5.43 Å². The van der Waals surface area contributed by atoms with Crippen molar-refractivity contribution in [2.45, 2.75) is 6.10 Å². The summed E-state index contributed by atoms with van der Waals surface area (Å²) in [6.07, 6.45) is -0.835. The number of carbonyl (C=O) groups is 2. The number of hydrogen-bond donors (Lipinski definition) is 1. The lowest BCUT2D eigenvalue weighted by Gasteiger charge is -2.42. The normalized spacial score (nSPS) is 12.3. The molecule has 0 aliphatic heterocycles. The zero-order chi connectivity index (χ0) is 18.3. The standard InChI is InChI=1S/C19H22N2O4/c1-21(2,13-16(22)14-25-17-11-7-4-8-12-17)20-19(24)18(23)15-9-5-3-6-10-15/h3-12,16,22H,13-14H2,1-2H3. The van der Waals surface area contributed by atoms with Crippen LogP contribution in [0.3, 0.4) is 0 Å². The van der Waals surface area contributed by atoms with Crippen molar-refractivity contribution in [1.29, 1.82) is 0 Å². The van der Waals surface area contributed by atoms with Gasteiger partial charge in [-0.05, 0) is 12.1 Å². The van der Waals surface area contributed by atoms with Crippen molar-refractivity contribution in [2.24, 2.45) is 0 Å². The molecule has 0 saturated carbocycles. The lowest BCUT2D eigenvalue weighted by Crippen LogP contribution is -2.45. The van der Waals surface area contributed by atoms with Gasteiger partial charge in [0.1, 0.15) is 25.0 Å². The van der Waals surface area contributed by atoms with Gasteiger partial charge in [-0.25, -0.2) is 0 Å². The molecule has 6 nitrogen and oxygen atoms in total. The van der Waals surface area contributed by atoms with Gasteiger partial charge in [0, 0.05) is 5.56 Å². The quantitative estimate of drug-likeness (QED) is 0.345. The van der Waals surface area contributed by atoms with Crippen LogP contribution < -0.4 is 4.74 Å². The SMILES string of the molecule is C[N+](C)(CC(O)COc1ccccc1)[N-]C(=O)C(=O)c1ccccc1. The number of quaternary nitrogens is 1. The predicted molar refractivity (Wildman–Crippen MR) is 94.1 cm³/mol. The largest absolute Gasteiger partial charge is 0.491 e. The van der Waals surface area contributed by atoms with Crippen molar-refractivity contribution in [3.05, 3.63) is 71.7 Å². The lowest BCUT2D eigenvalue weighted by atomic mass is 10.1. The summed E-state index contributed by atoms with van der Waals surface area (Å²) in [5.74, 6) is -0.853. The highest BCUT2D eigenvalue weighted by Crippen LogP contribution is 2.14. The average molecular weight is 342 g/mol. The lowest BCUT2D eigenvalue weighted by molar-refractivity contribution is -0.852. The average Bonchev–Trinajstić information content (AvgIpc) is 2.60. The van der Waals surface area contributed by atoms with E-state index in [9.17, 15) is 14.7 Å². The summed E-state index contributed by atoms with van der Waals surface area (Å²) in [6.45, 7) is 0.211. The Morgan fingerprint density at radius 3 is 2.20 bits per heavy atom. The summed E-state index contributed by atoms with van der Waals surface area (Å²) >= 11 is 0. The highest BCUT2D eigenvalue weighted by molar-refractivity contribution is 6.46. The van der Waals surface area contributed by atoms with Gasteiger partial charge in [0.15, 0.2) is 5.91 Å². The third kappa shape index (κ3) is 6.02. The van der Waals surface area contributed by atoms with E-state index >= 15 is 0 Å². The molecule has 2 aromatic rings. The van der Waals surface area contributed by atoms with Crippen LogP contribution in [-0.2, 0) is 4.79 Å². The van der Waals surface area contributed by atoms with E-state index in [1.54, 1.807) is 56.6 Å². The Kier molecular flexibility index (Phi) is 6.27. The number of benzene rings is 2. The summed E-state index contributed by atoms with van der Waals surface area (Å²) in [6, 6.07) is 17.4. The summed E-state index contributed by atoms with van der Waals surface area (Å²) in [4.78, 5) is 24.2. The van der Waals surface area contributed by atoms with E-state index in [0.717, 1.165) is 0 Å². The van der Waals surface area contributed by atoms with E-state index in [1.807, 2.05) is 18.2 Å². The number of rotatable bonds is 8. The number of amides is 1. The number of para-hydroxylation sites is 1. The van der Waals surface area contributed by atoms with Gasteiger partial charge in [0.25, 0.3) is 0 Å². The fourth-order valence-electron chi connectivity index (χ4n) is 2.32. The van der Waals surface area contributed by atoms with E-state index in [1.165, 1.54) is 0 Å². The molecule has 0 saturated heterocycles. The minimum absolute atomic E-state index is 0.0715. The van der Waals surface area contributed by atoms with Crippen LogP contribution in [-0.4, -0.2) is 54.7 Å². The van der Waals surface area contributed by atoms with Crippen LogP contribution in [0.5, 0.6) is 5.75 Å². The third-order valence-corrected chi connectivity index (χ3v) is 3.43. The molecule has 0 radical (unpaired) electrons. The molecule has 0 aromatic heterocycles. The Morgan fingerprint density at radius 2 is 1.60 bits per heavy atom. The molecule has 0 fully saturated rings. The summed E-state index contributed by atoms with van der Waals surface area (Å²) in [7, 11) is 3.28. The van der Waals surface area contributed by atoms with Crippen LogP contribution >= 0.6 is 0 Å². The third-order valence-electron chi connectivity index (χ3n) is 3.43. The number of aliphatic hydroxyl groups is 1. The first-order valence-corrected chi connectivity index (χ1v) is 7.93. The van der Waals surface area contributed by atoms with E-state index in [2.05, 4.69) is 5.43 Å². The molecule has 2 aromatic carbocycles. The molecule has 0 spiro atoms. The van der Waals surface area contributed by atoms with Crippen molar-refractivity contribution in [1.82, 2.24) is 0 Å². The number of nitrogens with zero attached hydrogens (tertiary/aromatic N) is 2. The van der Waals surface area contributed by atoms with E-state index < -0.39 is 17.8 Å². The topological polar surface area (TPSA) is 77.7 Å². The maximum atomic E-state index is 12.1. The number of hydrogen-bond acceptors (Lipinski definition) is 4. The summed E-state index contributed by atoms with van der Waals surface area (Å²) in [5, 5.41) is 10.1. The molecule has 132 valence electrons. The van der Waals surface area contributed by atoms with Gasteiger partial charge < -0.3 is 24.7 Å². The van der Waals surface area contributed by atoms with Crippen molar-refractivity contribution >= 4 is 11.7 Å². The van der Waals surface area contributed by atoms with Crippen LogP contribution in [0.4, 0.5) is 0 Å². The number of carbonyl (C=O) groups excluding carboxylic acids is 2. The molecular weight excluding hydrogens is 320 g/mol. The monoisotopic (exact) mass is 342 g/mol. The van der Waals surface area contributed by atoms with Gasteiger partial charge in [-0.3, -0.25) is 4.79 Å². The minimum Gasteiger partial charge on any atom is -0.491 e. The Labute approximate surface area is 147 Å². The van der Waals surface area contributed by atoms with Gasteiger partial charge in [-0.1, -0.05) is 48.5 Å². The first kappa shape index (κ1) is 18.6. The second-order valence-corrected chi connectivity index (χ2v) is 6.18. The number of Topliss-reactive ketones (excluding diaryl/α,β-unsaturated/α-hetero) is 1. The molecule has 0 bridgehead atoms. The Bertz CT molecular complexity index is 702. The minimum atomic E-state index is -0.840. The zero-order valence-corrected chi connectivity index (χ0v) is 14.3. The van der Waals surface area contributed by atoms with Crippen LogP contribution in [0.1, 0.15) is 10.4 Å². The molecule has 1 amide bonds. The van der Waals surface area contributed by atoms with Gasteiger partial charge in [-0.15, -0.1) is 0 Å². The maximum absolute atomic E-state index is 12.1. The summed E-state index contributed by atoms with van der Waals surface area (Å²) < 4.78 is 5.31. The van der Waals surface area contributed by atoms with Crippen molar-refractivity contribution < 1.29 is 24.0 Å². The zero-order valence-electron chi connectivity index (χ0n) is 14.3. The molecule has 25 heavy (non-hydrogen) atoms. The number of ketones is 1. The van der Waals surface area contributed by atoms with E-state index in [4.69, 9.17) is 4.74 Å².